The van der Waals surface area contributed by atoms with Crippen molar-refractivity contribution in [1.29, 1.82) is 0 Å². The van der Waals surface area contributed by atoms with Crippen molar-refractivity contribution in [2.45, 2.75) is 37.5 Å². The van der Waals surface area contributed by atoms with Crippen LogP contribution in [0.3, 0.4) is 0 Å². The molecule has 0 bridgehead atoms. The van der Waals surface area contributed by atoms with E-state index in [-0.39, 0.29) is 17.2 Å². The Morgan fingerprint density at radius 2 is 2.13 bits per heavy atom. The molecule has 0 radical (unpaired) electrons. The van der Waals surface area contributed by atoms with E-state index in [1.807, 2.05) is 0 Å². The number of nitrogens with one attached hydrogen (secondary N) is 1. The summed E-state index contributed by atoms with van der Waals surface area (Å²) < 4.78 is 17.1. The van der Waals surface area contributed by atoms with E-state index in [9.17, 15) is 0 Å². The number of hydrogen-bond acceptors (Lipinski definition) is 4. The van der Waals surface area contributed by atoms with Gasteiger partial charge >= 0.3 is 0 Å². The second-order valence-electron chi connectivity index (χ2n) is 4.81. The van der Waals surface area contributed by atoms with E-state index in [2.05, 4.69) is 19.2 Å². The summed E-state index contributed by atoms with van der Waals surface area (Å²) in [6.45, 7) is 7.31. The first-order chi connectivity index (χ1) is 7.12. The third kappa shape index (κ3) is 1.69. The van der Waals surface area contributed by atoms with Crippen molar-refractivity contribution in [2.75, 3.05) is 33.5 Å². The maximum atomic E-state index is 6.04. The first-order valence-electron chi connectivity index (χ1n) is 5.63. The topological polar surface area (TPSA) is 39.7 Å². The molecule has 88 valence electrons. The normalized spacial score (nSPS) is 39.8. The van der Waals surface area contributed by atoms with Crippen molar-refractivity contribution in [1.82, 2.24) is 5.32 Å². The van der Waals surface area contributed by atoms with Crippen molar-refractivity contribution in [3.8, 4) is 0 Å². The first-order valence-corrected chi connectivity index (χ1v) is 5.63. The fourth-order valence-corrected chi connectivity index (χ4v) is 2.81. The molecule has 2 aliphatic rings. The molecule has 0 aromatic carbocycles. The van der Waals surface area contributed by atoms with Crippen molar-refractivity contribution < 1.29 is 14.2 Å². The molecule has 2 atom stereocenters. The van der Waals surface area contributed by atoms with Gasteiger partial charge in [-0.1, -0.05) is 0 Å². The summed E-state index contributed by atoms with van der Waals surface area (Å²) in [5.41, 5.74) is -0.453. The van der Waals surface area contributed by atoms with Gasteiger partial charge in [0.1, 0.15) is 5.60 Å². The Balaban J connectivity index is 2.21. The number of ether oxygens (including phenoxy) is 3. The molecule has 2 unspecified atom stereocenters. The number of rotatable bonds is 2. The van der Waals surface area contributed by atoms with Gasteiger partial charge in [-0.05, 0) is 13.8 Å². The molecule has 0 amide bonds. The van der Waals surface area contributed by atoms with Crippen LogP contribution in [0.2, 0.25) is 0 Å². The van der Waals surface area contributed by atoms with Crippen LogP contribution in [0.15, 0.2) is 0 Å². The predicted octanol–water partition coefficient (Wildman–Crippen LogP) is 0.559. The minimum Gasteiger partial charge on any atom is -0.383 e. The molecule has 2 heterocycles. The van der Waals surface area contributed by atoms with Crippen molar-refractivity contribution in [2.24, 2.45) is 0 Å². The second-order valence-corrected chi connectivity index (χ2v) is 4.81. The molecule has 2 aliphatic heterocycles. The summed E-state index contributed by atoms with van der Waals surface area (Å²) in [7, 11) is 1.73. The van der Waals surface area contributed by atoms with Gasteiger partial charge in [-0.2, -0.15) is 0 Å². The van der Waals surface area contributed by atoms with E-state index in [0.29, 0.717) is 6.61 Å². The standard InChI is InChI=1S/C11H21NO3/c1-10(2)11(4-6-14-10)9(8-13-3)12-5-7-15-11/h9,12H,4-8H2,1-3H3. The Bertz CT molecular complexity index is 230. The summed E-state index contributed by atoms with van der Waals surface area (Å²) in [4.78, 5) is 0. The van der Waals surface area contributed by atoms with Gasteiger partial charge in [0.25, 0.3) is 0 Å². The van der Waals surface area contributed by atoms with Crippen LogP contribution in [0.4, 0.5) is 0 Å². The van der Waals surface area contributed by atoms with Crippen LogP contribution in [0, 0.1) is 0 Å². The minimum atomic E-state index is -0.233. The molecule has 0 saturated carbocycles. The van der Waals surface area contributed by atoms with Gasteiger partial charge in [0.2, 0.25) is 0 Å². The molecular weight excluding hydrogens is 194 g/mol. The Morgan fingerprint density at radius 3 is 2.73 bits per heavy atom. The number of morpholine rings is 1. The van der Waals surface area contributed by atoms with E-state index < -0.39 is 0 Å². The van der Waals surface area contributed by atoms with Crippen molar-refractivity contribution >= 4 is 0 Å². The highest BCUT2D eigenvalue weighted by atomic mass is 16.6. The van der Waals surface area contributed by atoms with Crippen LogP contribution in [0.5, 0.6) is 0 Å². The monoisotopic (exact) mass is 215 g/mol. The lowest BCUT2D eigenvalue weighted by atomic mass is 9.78. The molecule has 0 aliphatic carbocycles. The first kappa shape index (κ1) is 11.3. The molecule has 1 N–H and O–H groups in total. The summed E-state index contributed by atoms with van der Waals surface area (Å²) in [6, 6.07) is 0.230. The molecule has 0 aromatic heterocycles. The van der Waals surface area contributed by atoms with Crippen molar-refractivity contribution in [3.05, 3.63) is 0 Å². The Labute approximate surface area is 91.3 Å². The van der Waals surface area contributed by atoms with Gasteiger partial charge < -0.3 is 19.5 Å². The molecule has 4 heteroatoms. The van der Waals surface area contributed by atoms with Crippen LogP contribution < -0.4 is 5.32 Å². The van der Waals surface area contributed by atoms with Crippen LogP contribution in [0.1, 0.15) is 20.3 Å². The highest BCUT2D eigenvalue weighted by Crippen LogP contribution is 2.42. The SMILES string of the molecule is COCC1NCCOC12CCOC2(C)C. The average molecular weight is 215 g/mol. The van der Waals surface area contributed by atoms with E-state index >= 15 is 0 Å². The quantitative estimate of drug-likeness (QED) is 0.730. The largest absolute Gasteiger partial charge is 0.383 e. The molecule has 4 nitrogen and oxygen atoms in total. The average Bonchev–Trinajstić information content (AvgIpc) is 2.48. The maximum absolute atomic E-state index is 6.04. The molecular formula is C11H21NO3. The van der Waals surface area contributed by atoms with Gasteiger partial charge in [-0.15, -0.1) is 0 Å². The second kappa shape index (κ2) is 4.01. The van der Waals surface area contributed by atoms with Crippen molar-refractivity contribution in [3.63, 3.8) is 0 Å². The van der Waals surface area contributed by atoms with E-state index in [4.69, 9.17) is 14.2 Å². The molecule has 15 heavy (non-hydrogen) atoms. The van der Waals surface area contributed by atoms with Crippen LogP contribution in [-0.4, -0.2) is 50.7 Å². The summed E-state index contributed by atoms with van der Waals surface area (Å²) >= 11 is 0. The summed E-state index contributed by atoms with van der Waals surface area (Å²) in [6.07, 6.45) is 0.945. The van der Waals surface area contributed by atoms with Gasteiger partial charge in [-0.3, -0.25) is 0 Å². The zero-order valence-corrected chi connectivity index (χ0v) is 9.84. The van der Waals surface area contributed by atoms with E-state index in [1.54, 1.807) is 7.11 Å². The van der Waals surface area contributed by atoms with Crippen LogP contribution in [-0.2, 0) is 14.2 Å². The van der Waals surface area contributed by atoms with Crippen LogP contribution >= 0.6 is 0 Å². The molecule has 2 rings (SSSR count). The lowest BCUT2D eigenvalue weighted by molar-refractivity contribution is -0.177. The molecule has 1 spiro atoms. The highest BCUT2D eigenvalue weighted by molar-refractivity contribution is 5.09. The predicted molar refractivity (Wildman–Crippen MR) is 57.0 cm³/mol. The zero-order chi connectivity index (χ0) is 10.9. The van der Waals surface area contributed by atoms with E-state index in [1.165, 1.54) is 0 Å². The molecule has 0 aromatic rings. The van der Waals surface area contributed by atoms with Gasteiger partial charge in [0.05, 0.1) is 31.5 Å². The lowest BCUT2D eigenvalue weighted by Crippen LogP contribution is -2.66. The number of methoxy groups -OCH3 is 1. The third-order valence-corrected chi connectivity index (χ3v) is 3.70. The van der Waals surface area contributed by atoms with E-state index in [0.717, 1.165) is 26.2 Å². The fraction of sp³-hybridized carbons (Fsp3) is 1.00. The summed E-state index contributed by atoms with van der Waals surface area (Å²) in [5.74, 6) is 0. The maximum Gasteiger partial charge on any atom is 0.116 e. The highest BCUT2D eigenvalue weighted by Gasteiger charge is 2.57. The Kier molecular flexibility index (Phi) is 3.03. The molecule has 2 saturated heterocycles. The Morgan fingerprint density at radius 1 is 1.33 bits per heavy atom. The lowest BCUT2D eigenvalue weighted by Gasteiger charge is -2.48. The third-order valence-electron chi connectivity index (χ3n) is 3.70. The van der Waals surface area contributed by atoms with Gasteiger partial charge in [-0.25, -0.2) is 0 Å². The van der Waals surface area contributed by atoms with Gasteiger partial charge in [0, 0.05) is 20.1 Å². The fourth-order valence-electron chi connectivity index (χ4n) is 2.81. The number of hydrogen-bond donors (Lipinski definition) is 1. The van der Waals surface area contributed by atoms with Gasteiger partial charge in [0.15, 0.2) is 0 Å². The van der Waals surface area contributed by atoms with Crippen LogP contribution in [0.25, 0.3) is 0 Å². The smallest absolute Gasteiger partial charge is 0.116 e. The summed E-state index contributed by atoms with van der Waals surface area (Å²) in [5, 5.41) is 3.48. The minimum absolute atomic E-state index is 0.221. The Hall–Kier alpha value is -0.160. The zero-order valence-electron chi connectivity index (χ0n) is 9.84. The molecule has 2 fully saturated rings.